The molecule has 4 nitrogen and oxygen atoms in total. The highest BCUT2D eigenvalue weighted by molar-refractivity contribution is 7.58. The highest BCUT2D eigenvalue weighted by atomic mass is 31.2. The van der Waals surface area contributed by atoms with Crippen LogP contribution in [-0.2, 0) is 9.36 Å². The standard InChI is InChI=1S/C22H45O4P/c1-21(2)27(25,26)20-18-16-14-12-10-8-6-4-3-5-7-9-11-13-15-17-19-22(23)24/h21H,3-20H2,1-2H3,(H,23,24)(H,25,26). The highest BCUT2D eigenvalue weighted by Crippen LogP contribution is 2.46. The molecular formula is C22H45O4P. The summed E-state index contributed by atoms with van der Waals surface area (Å²) in [7, 11) is -2.88. The number of unbranched alkanes of at least 4 members (excludes halogenated alkanes) is 15. The van der Waals surface area contributed by atoms with E-state index in [4.69, 9.17) is 5.11 Å². The Morgan fingerprint density at radius 3 is 1.26 bits per heavy atom. The minimum absolute atomic E-state index is 0.0960. The molecule has 0 radical (unpaired) electrons. The van der Waals surface area contributed by atoms with E-state index in [9.17, 15) is 14.3 Å². The molecule has 0 saturated heterocycles. The summed E-state index contributed by atoms with van der Waals surface area (Å²) in [5.74, 6) is -0.671. The highest BCUT2D eigenvalue weighted by Gasteiger charge is 2.21. The summed E-state index contributed by atoms with van der Waals surface area (Å²) < 4.78 is 11.8. The largest absolute Gasteiger partial charge is 0.481 e. The first-order chi connectivity index (χ1) is 12.9. The van der Waals surface area contributed by atoms with Crippen molar-refractivity contribution in [3.63, 3.8) is 0 Å². The van der Waals surface area contributed by atoms with Gasteiger partial charge < -0.3 is 10.00 Å². The van der Waals surface area contributed by atoms with E-state index in [-0.39, 0.29) is 5.66 Å². The van der Waals surface area contributed by atoms with Gasteiger partial charge >= 0.3 is 5.97 Å². The van der Waals surface area contributed by atoms with E-state index in [0.29, 0.717) is 12.6 Å². The van der Waals surface area contributed by atoms with E-state index >= 15 is 0 Å². The Kier molecular flexibility index (Phi) is 17.5. The second-order valence-corrected chi connectivity index (χ2v) is 11.4. The Labute approximate surface area is 168 Å². The van der Waals surface area contributed by atoms with Crippen LogP contribution < -0.4 is 0 Å². The lowest BCUT2D eigenvalue weighted by Gasteiger charge is -2.14. The molecule has 0 aliphatic heterocycles. The van der Waals surface area contributed by atoms with Crippen molar-refractivity contribution in [1.82, 2.24) is 0 Å². The van der Waals surface area contributed by atoms with Crippen molar-refractivity contribution in [2.24, 2.45) is 0 Å². The van der Waals surface area contributed by atoms with Gasteiger partial charge in [0.05, 0.1) is 0 Å². The van der Waals surface area contributed by atoms with Gasteiger partial charge in [0.1, 0.15) is 0 Å². The second-order valence-electron chi connectivity index (χ2n) is 8.37. The zero-order valence-electron chi connectivity index (χ0n) is 18.0. The van der Waals surface area contributed by atoms with Crippen molar-refractivity contribution in [3.05, 3.63) is 0 Å². The summed E-state index contributed by atoms with van der Waals surface area (Å²) >= 11 is 0. The lowest BCUT2D eigenvalue weighted by atomic mass is 10.0. The molecule has 0 rings (SSSR count). The van der Waals surface area contributed by atoms with E-state index < -0.39 is 13.3 Å². The maximum Gasteiger partial charge on any atom is 0.303 e. The fraction of sp³-hybridized carbons (Fsp3) is 0.955. The first kappa shape index (κ1) is 26.7. The molecule has 0 aromatic rings. The molecule has 0 bridgehead atoms. The molecule has 1 atom stereocenters. The first-order valence-electron chi connectivity index (χ1n) is 11.4. The van der Waals surface area contributed by atoms with Crippen molar-refractivity contribution in [3.8, 4) is 0 Å². The fourth-order valence-electron chi connectivity index (χ4n) is 3.35. The summed E-state index contributed by atoms with van der Waals surface area (Å²) in [5.41, 5.74) is -0.0960. The van der Waals surface area contributed by atoms with E-state index in [1.54, 1.807) is 0 Å². The summed E-state index contributed by atoms with van der Waals surface area (Å²) in [5, 5.41) is 8.56. The first-order valence-corrected chi connectivity index (χ1v) is 13.3. The number of carboxylic acids is 1. The second kappa shape index (κ2) is 17.7. The van der Waals surface area contributed by atoms with Crippen molar-refractivity contribution >= 4 is 13.3 Å². The smallest absolute Gasteiger partial charge is 0.303 e. The predicted octanol–water partition coefficient (Wildman–Crippen LogP) is 7.38. The number of carbonyl (C=O) groups is 1. The van der Waals surface area contributed by atoms with Crippen molar-refractivity contribution in [1.29, 1.82) is 0 Å². The number of hydrogen-bond acceptors (Lipinski definition) is 2. The van der Waals surface area contributed by atoms with Crippen molar-refractivity contribution < 1.29 is 19.4 Å². The van der Waals surface area contributed by atoms with Crippen molar-refractivity contribution in [2.75, 3.05) is 6.16 Å². The Bertz CT molecular complexity index is 396. The molecule has 27 heavy (non-hydrogen) atoms. The number of carboxylic acid groups (broad SMARTS) is 1. The molecule has 5 heteroatoms. The van der Waals surface area contributed by atoms with Crippen LogP contribution in [-0.4, -0.2) is 27.8 Å². The van der Waals surface area contributed by atoms with Crippen LogP contribution in [0.4, 0.5) is 0 Å². The van der Waals surface area contributed by atoms with Gasteiger partial charge in [0, 0.05) is 18.2 Å². The lowest BCUT2D eigenvalue weighted by Crippen LogP contribution is -2.01. The molecule has 1 unspecified atom stereocenters. The molecule has 162 valence electrons. The van der Waals surface area contributed by atoms with Crippen molar-refractivity contribution in [2.45, 2.75) is 129 Å². The van der Waals surface area contributed by atoms with Crippen LogP contribution in [0.1, 0.15) is 123 Å². The quantitative estimate of drug-likeness (QED) is 0.164. The maximum absolute atomic E-state index is 11.8. The molecule has 0 saturated carbocycles. The molecule has 0 aliphatic carbocycles. The zero-order chi connectivity index (χ0) is 20.4. The molecular weight excluding hydrogens is 359 g/mol. The van der Waals surface area contributed by atoms with Gasteiger partial charge in [-0.15, -0.1) is 0 Å². The van der Waals surface area contributed by atoms with Crippen LogP contribution in [0.25, 0.3) is 0 Å². The Morgan fingerprint density at radius 1 is 0.667 bits per heavy atom. The Hall–Kier alpha value is -0.340. The Balaban J connectivity index is 3.15. The van der Waals surface area contributed by atoms with Gasteiger partial charge in [0.15, 0.2) is 0 Å². The third kappa shape index (κ3) is 18.8. The minimum atomic E-state index is -2.88. The van der Waals surface area contributed by atoms with Gasteiger partial charge in [-0.3, -0.25) is 9.36 Å². The van der Waals surface area contributed by atoms with Crippen LogP contribution >= 0.6 is 7.37 Å². The van der Waals surface area contributed by atoms with Gasteiger partial charge in [-0.05, 0) is 12.8 Å². The summed E-state index contributed by atoms with van der Waals surface area (Å²) in [6, 6.07) is 0. The minimum Gasteiger partial charge on any atom is -0.481 e. The van der Waals surface area contributed by atoms with E-state index in [1.807, 2.05) is 13.8 Å². The number of rotatable bonds is 20. The van der Waals surface area contributed by atoms with Gasteiger partial charge in [-0.25, -0.2) is 0 Å². The van der Waals surface area contributed by atoms with Crippen LogP contribution in [0, 0.1) is 0 Å². The van der Waals surface area contributed by atoms with Crippen LogP contribution in [0.3, 0.4) is 0 Å². The fourth-order valence-corrected chi connectivity index (χ4v) is 4.54. The molecule has 2 N–H and O–H groups in total. The summed E-state index contributed by atoms with van der Waals surface area (Å²) in [6.45, 7) is 3.68. The van der Waals surface area contributed by atoms with E-state index in [2.05, 4.69) is 0 Å². The van der Waals surface area contributed by atoms with E-state index in [0.717, 1.165) is 25.7 Å². The lowest BCUT2D eigenvalue weighted by molar-refractivity contribution is -0.137. The average molecular weight is 405 g/mol. The summed E-state index contributed by atoms with van der Waals surface area (Å²) in [6.07, 6.45) is 20.2. The van der Waals surface area contributed by atoms with Gasteiger partial charge in [-0.2, -0.15) is 0 Å². The molecule has 0 fully saturated rings. The van der Waals surface area contributed by atoms with Crippen LogP contribution in [0.2, 0.25) is 0 Å². The number of aliphatic carboxylic acids is 1. The molecule has 0 aliphatic rings. The molecule has 0 amide bonds. The Morgan fingerprint density at radius 2 is 0.963 bits per heavy atom. The SMILES string of the molecule is CC(C)P(=O)(O)CCCCCCCCCCCCCCCCCCC(=O)O. The molecule has 0 aromatic heterocycles. The van der Waals surface area contributed by atoms with Gasteiger partial charge in [-0.1, -0.05) is 104 Å². The molecule has 0 spiro atoms. The third-order valence-electron chi connectivity index (χ3n) is 5.43. The predicted molar refractivity (Wildman–Crippen MR) is 116 cm³/mol. The molecule has 0 aromatic carbocycles. The monoisotopic (exact) mass is 404 g/mol. The molecule has 0 heterocycles. The van der Waals surface area contributed by atoms with E-state index in [1.165, 1.54) is 77.0 Å². The normalized spacial score (nSPS) is 13.8. The van der Waals surface area contributed by atoms with Gasteiger partial charge in [0.25, 0.3) is 0 Å². The third-order valence-corrected chi connectivity index (χ3v) is 8.00. The average Bonchev–Trinajstić information content (AvgIpc) is 2.60. The number of hydrogen-bond donors (Lipinski definition) is 2. The zero-order valence-corrected chi connectivity index (χ0v) is 18.9. The van der Waals surface area contributed by atoms with Crippen LogP contribution in [0.15, 0.2) is 0 Å². The maximum atomic E-state index is 11.8. The van der Waals surface area contributed by atoms with Crippen LogP contribution in [0.5, 0.6) is 0 Å². The topological polar surface area (TPSA) is 74.6 Å². The van der Waals surface area contributed by atoms with Gasteiger partial charge in [0.2, 0.25) is 7.37 Å². The summed E-state index contributed by atoms with van der Waals surface area (Å²) in [4.78, 5) is 20.2.